The van der Waals surface area contributed by atoms with Crippen molar-refractivity contribution in [3.05, 3.63) is 52.5 Å². The minimum absolute atomic E-state index is 0.391. The molecule has 0 N–H and O–H groups in total. The molecule has 20 heavy (non-hydrogen) atoms. The van der Waals surface area contributed by atoms with Gasteiger partial charge in [-0.25, -0.2) is 9.78 Å². The van der Waals surface area contributed by atoms with E-state index >= 15 is 0 Å². The molecule has 3 rings (SSSR count). The summed E-state index contributed by atoms with van der Waals surface area (Å²) in [6.07, 6.45) is 0. The van der Waals surface area contributed by atoms with Crippen molar-refractivity contribution in [2.45, 2.75) is 0 Å². The minimum atomic E-state index is -0.391. The van der Waals surface area contributed by atoms with Gasteiger partial charge in [0.1, 0.15) is 5.52 Å². The molecule has 0 unspecified atom stereocenters. The smallest absolute Gasteiger partial charge is 0.337 e. The molecule has 0 radical (unpaired) electrons. The minimum Gasteiger partial charge on any atom is -0.465 e. The van der Waals surface area contributed by atoms with E-state index in [0.717, 1.165) is 10.0 Å². The van der Waals surface area contributed by atoms with Crippen LogP contribution in [0.3, 0.4) is 0 Å². The first kappa shape index (κ1) is 12.9. The molecule has 0 atom stereocenters. The summed E-state index contributed by atoms with van der Waals surface area (Å²) in [7, 11) is 1.35. The number of carbonyl (C=O) groups is 1. The third-order valence-corrected chi connectivity index (χ3v) is 3.60. The van der Waals surface area contributed by atoms with Crippen LogP contribution in [0.5, 0.6) is 0 Å². The normalized spacial score (nSPS) is 10.7. The van der Waals surface area contributed by atoms with Crippen LogP contribution in [0, 0.1) is 0 Å². The molecular weight excluding hydrogens is 322 g/mol. The maximum absolute atomic E-state index is 11.5. The standard InChI is InChI=1S/C15H10BrNO3/c1-19-15(18)9-6-7-13-12(8-9)17-14(20-13)10-4-2-3-5-11(10)16/h2-8H,1H3. The van der Waals surface area contributed by atoms with Crippen molar-refractivity contribution in [1.82, 2.24) is 4.98 Å². The molecule has 0 fully saturated rings. The van der Waals surface area contributed by atoms with Crippen molar-refractivity contribution in [1.29, 1.82) is 0 Å². The van der Waals surface area contributed by atoms with Gasteiger partial charge in [0.05, 0.1) is 18.2 Å². The van der Waals surface area contributed by atoms with E-state index in [-0.39, 0.29) is 0 Å². The van der Waals surface area contributed by atoms with Crippen LogP contribution in [0.2, 0.25) is 0 Å². The van der Waals surface area contributed by atoms with Crippen molar-refractivity contribution in [3.63, 3.8) is 0 Å². The predicted octanol–water partition coefficient (Wildman–Crippen LogP) is 4.04. The Morgan fingerprint density at radius 2 is 2.05 bits per heavy atom. The lowest BCUT2D eigenvalue weighted by Gasteiger charge is -1.97. The monoisotopic (exact) mass is 331 g/mol. The zero-order valence-corrected chi connectivity index (χ0v) is 12.2. The van der Waals surface area contributed by atoms with E-state index < -0.39 is 5.97 Å². The van der Waals surface area contributed by atoms with Crippen molar-refractivity contribution in [2.24, 2.45) is 0 Å². The molecule has 0 aliphatic carbocycles. The molecular formula is C15H10BrNO3. The highest BCUT2D eigenvalue weighted by molar-refractivity contribution is 9.10. The molecule has 0 aliphatic heterocycles. The second-order valence-electron chi connectivity index (χ2n) is 4.17. The second kappa shape index (κ2) is 5.09. The number of benzene rings is 2. The molecule has 0 aliphatic rings. The van der Waals surface area contributed by atoms with Crippen LogP contribution in [0.25, 0.3) is 22.6 Å². The SMILES string of the molecule is COC(=O)c1ccc2oc(-c3ccccc3Br)nc2c1. The Balaban J connectivity index is 2.12. The van der Waals surface area contributed by atoms with Gasteiger partial charge in [-0.2, -0.15) is 0 Å². The van der Waals surface area contributed by atoms with Crippen molar-refractivity contribution >= 4 is 33.0 Å². The van der Waals surface area contributed by atoms with Gasteiger partial charge in [0.15, 0.2) is 5.58 Å². The Labute approximate surface area is 123 Å². The van der Waals surface area contributed by atoms with Crippen LogP contribution < -0.4 is 0 Å². The van der Waals surface area contributed by atoms with Gasteiger partial charge >= 0.3 is 5.97 Å². The van der Waals surface area contributed by atoms with E-state index in [0.29, 0.717) is 22.6 Å². The Morgan fingerprint density at radius 3 is 2.80 bits per heavy atom. The molecule has 5 heteroatoms. The van der Waals surface area contributed by atoms with Gasteiger partial charge in [-0.15, -0.1) is 0 Å². The van der Waals surface area contributed by atoms with Crippen molar-refractivity contribution < 1.29 is 13.9 Å². The zero-order chi connectivity index (χ0) is 14.1. The lowest BCUT2D eigenvalue weighted by atomic mass is 10.2. The Hall–Kier alpha value is -2.14. The number of ether oxygens (including phenoxy) is 1. The molecule has 0 spiro atoms. The summed E-state index contributed by atoms with van der Waals surface area (Å²) in [5, 5.41) is 0. The van der Waals surface area contributed by atoms with Crippen LogP contribution in [0.1, 0.15) is 10.4 Å². The summed E-state index contributed by atoms with van der Waals surface area (Å²) in [6.45, 7) is 0. The molecule has 2 aromatic carbocycles. The average Bonchev–Trinajstić information content (AvgIpc) is 2.89. The van der Waals surface area contributed by atoms with E-state index in [9.17, 15) is 4.79 Å². The van der Waals surface area contributed by atoms with Gasteiger partial charge in [-0.3, -0.25) is 0 Å². The number of esters is 1. The van der Waals surface area contributed by atoms with Gasteiger partial charge in [-0.1, -0.05) is 12.1 Å². The number of hydrogen-bond donors (Lipinski definition) is 0. The van der Waals surface area contributed by atoms with Crippen LogP contribution in [0.15, 0.2) is 51.4 Å². The molecule has 3 aromatic rings. The number of halogens is 1. The lowest BCUT2D eigenvalue weighted by molar-refractivity contribution is 0.0601. The highest BCUT2D eigenvalue weighted by Crippen LogP contribution is 2.30. The summed E-state index contributed by atoms with van der Waals surface area (Å²) < 4.78 is 11.3. The highest BCUT2D eigenvalue weighted by Gasteiger charge is 2.13. The molecule has 0 saturated heterocycles. The molecule has 100 valence electrons. The number of hydrogen-bond acceptors (Lipinski definition) is 4. The van der Waals surface area contributed by atoms with Crippen LogP contribution in [-0.2, 0) is 4.74 Å². The van der Waals surface area contributed by atoms with Crippen LogP contribution >= 0.6 is 15.9 Å². The number of fused-ring (bicyclic) bond motifs is 1. The maximum atomic E-state index is 11.5. The highest BCUT2D eigenvalue weighted by atomic mass is 79.9. The first-order chi connectivity index (χ1) is 9.69. The largest absolute Gasteiger partial charge is 0.465 e. The first-order valence-corrected chi connectivity index (χ1v) is 6.72. The van der Waals surface area contributed by atoms with E-state index in [1.807, 2.05) is 24.3 Å². The van der Waals surface area contributed by atoms with Crippen molar-refractivity contribution in [3.8, 4) is 11.5 Å². The van der Waals surface area contributed by atoms with Gasteiger partial charge in [0, 0.05) is 4.47 Å². The van der Waals surface area contributed by atoms with Gasteiger partial charge in [0.25, 0.3) is 0 Å². The van der Waals surface area contributed by atoms with E-state index in [1.165, 1.54) is 7.11 Å². The zero-order valence-electron chi connectivity index (χ0n) is 10.6. The lowest BCUT2D eigenvalue weighted by Crippen LogP contribution is -2.00. The predicted molar refractivity (Wildman–Crippen MR) is 78.5 cm³/mol. The second-order valence-corrected chi connectivity index (χ2v) is 5.03. The van der Waals surface area contributed by atoms with Gasteiger partial charge in [-0.05, 0) is 46.3 Å². The maximum Gasteiger partial charge on any atom is 0.337 e. The summed E-state index contributed by atoms with van der Waals surface area (Å²) in [4.78, 5) is 15.9. The summed E-state index contributed by atoms with van der Waals surface area (Å²) in [6, 6.07) is 12.7. The Morgan fingerprint density at radius 1 is 1.25 bits per heavy atom. The van der Waals surface area contributed by atoms with E-state index in [2.05, 4.69) is 20.9 Å². The molecule has 0 saturated carbocycles. The quantitative estimate of drug-likeness (QED) is 0.665. The van der Waals surface area contributed by atoms with Crippen molar-refractivity contribution in [2.75, 3.05) is 7.11 Å². The Bertz CT molecular complexity index is 795. The number of carbonyl (C=O) groups excluding carboxylic acids is 1. The van der Waals surface area contributed by atoms with E-state index in [1.54, 1.807) is 18.2 Å². The number of rotatable bonds is 2. The van der Waals surface area contributed by atoms with Gasteiger partial charge in [0.2, 0.25) is 5.89 Å². The third-order valence-electron chi connectivity index (χ3n) is 2.91. The number of aromatic nitrogens is 1. The van der Waals surface area contributed by atoms with Crippen LogP contribution in [-0.4, -0.2) is 18.1 Å². The molecule has 0 amide bonds. The average molecular weight is 332 g/mol. The number of oxazole rings is 1. The number of methoxy groups -OCH3 is 1. The molecule has 1 heterocycles. The number of nitrogens with zero attached hydrogens (tertiary/aromatic N) is 1. The fraction of sp³-hybridized carbons (Fsp3) is 0.0667. The fourth-order valence-corrected chi connectivity index (χ4v) is 2.38. The first-order valence-electron chi connectivity index (χ1n) is 5.93. The topological polar surface area (TPSA) is 52.3 Å². The Kier molecular flexibility index (Phi) is 3.28. The van der Waals surface area contributed by atoms with E-state index in [4.69, 9.17) is 9.15 Å². The summed E-state index contributed by atoms with van der Waals surface area (Å²) in [5.74, 6) is 0.117. The van der Waals surface area contributed by atoms with Crippen LogP contribution in [0.4, 0.5) is 0 Å². The third kappa shape index (κ3) is 2.20. The van der Waals surface area contributed by atoms with Gasteiger partial charge < -0.3 is 9.15 Å². The molecule has 4 nitrogen and oxygen atoms in total. The molecule has 0 bridgehead atoms. The molecule has 1 aromatic heterocycles. The fourth-order valence-electron chi connectivity index (χ4n) is 1.92. The summed E-state index contributed by atoms with van der Waals surface area (Å²) in [5.41, 5.74) is 2.57. The summed E-state index contributed by atoms with van der Waals surface area (Å²) >= 11 is 3.47.